The van der Waals surface area contributed by atoms with E-state index in [1.807, 2.05) is 28.7 Å². The number of hydrogen-bond acceptors (Lipinski definition) is 3. The number of benzene rings is 3. The highest BCUT2D eigenvalue weighted by molar-refractivity contribution is 6.20. The molecule has 0 radical (unpaired) electrons. The highest BCUT2D eigenvalue weighted by atomic mass is 16.3. The van der Waals surface area contributed by atoms with Gasteiger partial charge in [0.2, 0.25) is 5.88 Å². The smallest absolute Gasteiger partial charge is 0.230 e. The van der Waals surface area contributed by atoms with Gasteiger partial charge in [0.15, 0.2) is 0 Å². The SMILES string of the molecule is Oc1cn2c(n1)c1c(c3ccc4nc5ccccc5c4c32)C(c2ccccc2)C=CC=1. The minimum absolute atomic E-state index is 0.0229. The summed E-state index contributed by atoms with van der Waals surface area (Å²) in [5.41, 5.74) is 6.19. The van der Waals surface area contributed by atoms with Gasteiger partial charge in [-0.25, -0.2) is 4.98 Å². The molecule has 6 aromatic rings. The second kappa shape index (κ2) is 5.92. The monoisotopic (exact) mass is 399 g/mol. The average Bonchev–Trinajstić information content (AvgIpc) is 3.39. The molecule has 0 saturated carbocycles. The first-order valence-corrected chi connectivity index (χ1v) is 10.4. The van der Waals surface area contributed by atoms with Crippen LogP contribution in [-0.2, 0) is 0 Å². The standard InChI is InChI=1S/C27H17N3O/c31-23-15-30-26-19(13-14-22-25(26)18-9-4-5-12-21(18)28-22)24-17(16-7-2-1-3-8-16)10-6-11-20(24)27(30)29-23/h1-15,17,31H. The van der Waals surface area contributed by atoms with Crippen LogP contribution in [0.1, 0.15) is 17.0 Å². The molecule has 7 rings (SSSR count). The van der Waals surface area contributed by atoms with E-state index in [0.717, 1.165) is 43.6 Å². The Bertz CT molecular complexity index is 1750. The number of aromatic nitrogens is 3. The third kappa shape index (κ3) is 2.19. The Morgan fingerprint density at radius 2 is 1.65 bits per heavy atom. The first-order chi connectivity index (χ1) is 15.3. The molecule has 0 amide bonds. The van der Waals surface area contributed by atoms with E-state index in [2.05, 4.69) is 65.7 Å². The van der Waals surface area contributed by atoms with Gasteiger partial charge in [0, 0.05) is 27.3 Å². The van der Waals surface area contributed by atoms with Gasteiger partial charge in [-0.3, -0.25) is 4.40 Å². The maximum atomic E-state index is 10.4. The van der Waals surface area contributed by atoms with Gasteiger partial charge in [-0.15, -0.1) is 0 Å². The number of pyridine rings is 1. The summed E-state index contributed by atoms with van der Waals surface area (Å²) in [4.78, 5) is 9.36. The summed E-state index contributed by atoms with van der Waals surface area (Å²) in [6, 6.07) is 23.0. The summed E-state index contributed by atoms with van der Waals surface area (Å²) < 4.78 is 2.03. The molecule has 1 N–H and O–H groups in total. The molecule has 3 aromatic carbocycles. The third-order valence-corrected chi connectivity index (χ3v) is 6.36. The van der Waals surface area contributed by atoms with E-state index in [-0.39, 0.29) is 11.8 Å². The summed E-state index contributed by atoms with van der Waals surface area (Å²) >= 11 is 0. The summed E-state index contributed by atoms with van der Waals surface area (Å²) in [7, 11) is 0. The summed E-state index contributed by atoms with van der Waals surface area (Å²) in [5, 5.41) is 14.8. The Balaban J connectivity index is 1.75. The molecule has 0 aliphatic heterocycles. The number of fused-ring (bicyclic) bond motifs is 10. The van der Waals surface area contributed by atoms with Gasteiger partial charge in [-0.05, 0) is 23.3 Å². The van der Waals surface area contributed by atoms with E-state index in [1.54, 1.807) is 6.20 Å². The van der Waals surface area contributed by atoms with Gasteiger partial charge in [0.1, 0.15) is 5.65 Å². The molecule has 0 saturated heterocycles. The number of nitrogens with zero attached hydrogens (tertiary/aromatic N) is 3. The van der Waals surface area contributed by atoms with Crippen LogP contribution in [0.25, 0.3) is 44.4 Å². The lowest BCUT2D eigenvalue weighted by molar-refractivity contribution is 0.457. The summed E-state index contributed by atoms with van der Waals surface area (Å²) in [5.74, 6) is 0.133. The van der Waals surface area contributed by atoms with E-state index in [0.29, 0.717) is 0 Å². The minimum Gasteiger partial charge on any atom is -0.492 e. The van der Waals surface area contributed by atoms with Crippen molar-refractivity contribution in [2.75, 3.05) is 0 Å². The van der Waals surface area contributed by atoms with E-state index >= 15 is 0 Å². The fraction of sp³-hybridized carbons (Fsp3) is 0.0370. The van der Waals surface area contributed by atoms with Gasteiger partial charge in [-0.1, -0.05) is 72.8 Å². The van der Waals surface area contributed by atoms with E-state index in [4.69, 9.17) is 4.98 Å². The van der Waals surface area contributed by atoms with Crippen molar-refractivity contribution < 1.29 is 5.11 Å². The van der Waals surface area contributed by atoms with Crippen molar-refractivity contribution in [2.24, 2.45) is 0 Å². The molecule has 4 nitrogen and oxygen atoms in total. The van der Waals surface area contributed by atoms with E-state index < -0.39 is 0 Å². The fourth-order valence-electron chi connectivity index (χ4n) is 5.11. The van der Waals surface area contributed by atoms with Crippen molar-refractivity contribution in [1.29, 1.82) is 0 Å². The van der Waals surface area contributed by atoms with Crippen LogP contribution < -0.4 is 5.22 Å². The van der Waals surface area contributed by atoms with E-state index in [9.17, 15) is 5.11 Å². The number of rotatable bonds is 1. The van der Waals surface area contributed by atoms with Crippen LogP contribution in [0.15, 0.2) is 85.1 Å². The van der Waals surface area contributed by atoms with Crippen LogP contribution in [0.4, 0.5) is 0 Å². The Morgan fingerprint density at radius 1 is 0.806 bits per heavy atom. The van der Waals surface area contributed by atoms with Crippen molar-refractivity contribution in [1.82, 2.24) is 14.4 Å². The number of aromatic hydroxyl groups is 1. The molecule has 1 aliphatic carbocycles. The van der Waals surface area contributed by atoms with Crippen molar-refractivity contribution in [3.8, 4) is 5.88 Å². The molecule has 3 heterocycles. The lowest BCUT2D eigenvalue weighted by atomic mass is 9.84. The zero-order valence-electron chi connectivity index (χ0n) is 16.5. The van der Waals surface area contributed by atoms with Crippen LogP contribution in [-0.4, -0.2) is 19.5 Å². The third-order valence-electron chi connectivity index (χ3n) is 6.36. The Hall–Kier alpha value is -4.18. The number of para-hydroxylation sites is 1. The maximum absolute atomic E-state index is 10.4. The van der Waals surface area contributed by atoms with Crippen LogP contribution in [0.5, 0.6) is 5.88 Å². The lowest BCUT2D eigenvalue weighted by Gasteiger charge is -2.21. The Kier molecular flexibility index (Phi) is 3.17. The van der Waals surface area contributed by atoms with E-state index in [1.165, 1.54) is 11.1 Å². The highest BCUT2D eigenvalue weighted by Crippen LogP contribution is 2.38. The van der Waals surface area contributed by atoms with Crippen molar-refractivity contribution in [3.63, 3.8) is 0 Å². The van der Waals surface area contributed by atoms with Gasteiger partial charge >= 0.3 is 0 Å². The second-order valence-electron chi connectivity index (χ2n) is 8.04. The molecule has 4 heteroatoms. The van der Waals surface area contributed by atoms with Gasteiger partial charge in [0.05, 0.1) is 22.7 Å². The second-order valence-corrected chi connectivity index (χ2v) is 8.04. The molecule has 1 unspecified atom stereocenters. The van der Waals surface area contributed by atoms with Crippen LogP contribution in [0, 0.1) is 0 Å². The Labute approximate surface area is 177 Å². The summed E-state index contributed by atoms with van der Waals surface area (Å²) in [6.07, 6.45) is 8.14. The number of imidazole rings is 1. The lowest BCUT2D eigenvalue weighted by Crippen LogP contribution is -2.20. The molecular weight excluding hydrogens is 382 g/mol. The normalized spacial score (nSPS) is 15.7. The van der Waals surface area contributed by atoms with Gasteiger partial charge in [-0.2, -0.15) is 4.98 Å². The molecule has 31 heavy (non-hydrogen) atoms. The molecule has 0 bridgehead atoms. The average molecular weight is 399 g/mol. The highest BCUT2D eigenvalue weighted by Gasteiger charge is 2.23. The molecule has 3 aromatic heterocycles. The van der Waals surface area contributed by atoms with Crippen LogP contribution in [0.2, 0.25) is 0 Å². The molecular formula is C27H17N3O. The zero-order valence-corrected chi connectivity index (χ0v) is 16.5. The minimum atomic E-state index is 0.0229. The van der Waals surface area contributed by atoms with Crippen molar-refractivity contribution in [2.45, 2.75) is 5.92 Å². The largest absolute Gasteiger partial charge is 0.492 e. The van der Waals surface area contributed by atoms with Gasteiger partial charge in [0.25, 0.3) is 0 Å². The molecule has 0 fully saturated rings. The van der Waals surface area contributed by atoms with Crippen LogP contribution in [0.3, 0.4) is 0 Å². The van der Waals surface area contributed by atoms with Crippen molar-refractivity contribution >= 4 is 44.4 Å². The number of hydrogen-bond donors (Lipinski definition) is 1. The first-order valence-electron chi connectivity index (χ1n) is 10.4. The molecule has 0 spiro atoms. The fourth-order valence-corrected chi connectivity index (χ4v) is 5.11. The van der Waals surface area contributed by atoms with Crippen molar-refractivity contribution in [3.05, 3.63) is 101 Å². The molecule has 146 valence electrons. The predicted octanol–water partition coefficient (Wildman–Crippen LogP) is 5.10. The predicted molar refractivity (Wildman–Crippen MR) is 124 cm³/mol. The molecule has 1 aliphatic rings. The quantitative estimate of drug-likeness (QED) is 0.419. The summed E-state index contributed by atoms with van der Waals surface area (Å²) in [6.45, 7) is 0. The Morgan fingerprint density at radius 3 is 2.55 bits per heavy atom. The number of allylic oxidation sites excluding steroid dienone is 2. The zero-order chi connectivity index (χ0) is 20.5. The topological polar surface area (TPSA) is 50.4 Å². The molecule has 1 atom stereocenters. The first kappa shape index (κ1) is 16.6. The maximum Gasteiger partial charge on any atom is 0.230 e. The van der Waals surface area contributed by atoms with Gasteiger partial charge < -0.3 is 5.11 Å². The van der Waals surface area contributed by atoms with Crippen LogP contribution >= 0.6 is 0 Å².